The van der Waals surface area contributed by atoms with Gasteiger partial charge in [-0.3, -0.25) is 4.79 Å². The first-order chi connectivity index (χ1) is 12.6. The summed E-state index contributed by atoms with van der Waals surface area (Å²) in [6.45, 7) is 1.37. The summed E-state index contributed by atoms with van der Waals surface area (Å²) in [4.78, 5) is 27.1. The Bertz CT molecular complexity index is 785. The van der Waals surface area contributed by atoms with Crippen LogP contribution in [0.25, 0.3) is 0 Å². The number of carbonyl (C=O) groups excluding carboxylic acids is 2. The van der Waals surface area contributed by atoms with Crippen molar-refractivity contribution in [3.8, 4) is 0 Å². The van der Waals surface area contributed by atoms with E-state index in [2.05, 4.69) is 0 Å². The second kappa shape index (κ2) is 8.64. The zero-order valence-corrected chi connectivity index (χ0v) is 16.1. The Kier molecular flexibility index (Phi) is 6.27. The Morgan fingerprint density at radius 2 is 1.92 bits per heavy atom. The number of piperidine rings is 1. The number of methoxy groups -OCH3 is 1. The van der Waals surface area contributed by atoms with Crippen molar-refractivity contribution < 1.29 is 14.3 Å². The van der Waals surface area contributed by atoms with Crippen molar-refractivity contribution in [1.29, 1.82) is 0 Å². The average Bonchev–Trinajstić information content (AvgIpc) is 3.16. The van der Waals surface area contributed by atoms with Crippen molar-refractivity contribution in [1.82, 2.24) is 9.47 Å². The van der Waals surface area contributed by atoms with E-state index in [1.807, 2.05) is 46.0 Å². The van der Waals surface area contributed by atoms with Gasteiger partial charge in [0.1, 0.15) is 5.69 Å². The summed E-state index contributed by atoms with van der Waals surface area (Å²) in [5.41, 5.74) is 0.562. The molecule has 1 fully saturated rings. The predicted molar refractivity (Wildman–Crippen MR) is 103 cm³/mol. The van der Waals surface area contributed by atoms with E-state index < -0.39 is 0 Å². The first-order valence-electron chi connectivity index (χ1n) is 8.50. The number of hydrogen-bond donors (Lipinski definition) is 0. The van der Waals surface area contributed by atoms with Gasteiger partial charge in [0.05, 0.1) is 17.9 Å². The molecule has 1 aromatic carbocycles. The van der Waals surface area contributed by atoms with Crippen molar-refractivity contribution in [3.63, 3.8) is 0 Å². The van der Waals surface area contributed by atoms with Crippen LogP contribution in [-0.2, 0) is 9.53 Å². The summed E-state index contributed by atoms with van der Waals surface area (Å²) >= 11 is 7.60. The summed E-state index contributed by atoms with van der Waals surface area (Å²) in [7, 11) is 1.39. The van der Waals surface area contributed by atoms with E-state index in [0.29, 0.717) is 29.6 Å². The molecule has 1 aliphatic heterocycles. The second-order valence-corrected chi connectivity index (χ2v) is 7.55. The normalized spacial score (nSPS) is 15.1. The molecule has 3 rings (SSSR count). The average molecular weight is 393 g/mol. The molecule has 0 radical (unpaired) electrons. The second-order valence-electron chi connectivity index (χ2n) is 6.12. The van der Waals surface area contributed by atoms with Gasteiger partial charge in [-0.2, -0.15) is 0 Å². The largest absolute Gasteiger partial charge is 0.464 e. The maximum absolute atomic E-state index is 12.5. The maximum Gasteiger partial charge on any atom is 0.354 e. The number of benzene rings is 1. The molecule has 0 N–H and O–H groups in total. The molecule has 0 aliphatic carbocycles. The Hall–Kier alpha value is -1.92. The lowest BCUT2D eigenvalue weighted by molar-refractivity contribution is -0.129. The number of amides is 1. The first-order valence-corrected chi connectivity index (χ1v) is 9.86. The Morgan fingerprint density at radius 1 is 1.19 bits per heavy atom. The van der Waals surface area contributed by atoms with Crippen LogP contribution in [0, 0.1) is 0 Å². The van der Waals surface area contributed by atoms with Crippen LogP contribution < -0.4 is 0 Å². The lowest BCUT2D eigenvalue weighted by Gasteiger charge is -2.33. The van der Waals surface area contributed by atoms with Crippen LogP contribution in [0.3, 0.4) is 0 Å². The van der Waals surface area contributed by atoms with E-state index >= 15 is 0 Å². The fraction of sp³-hybridized carbons (Fsp3) is 0.368. The fourth-order valence-electron chi connectivity index (χ4n) is 3.18. The number of rotatable bonds is 5. The van der Waals surface area contributed by atoms with E-state index in [1.54, 1.807) is 6.07 Å². The Morgan fingerprint density at radius 3 is 2.62 bits per heavy atom. The standard InChI is InChI=1S/C19H21ClN2O3S/c1-25-19(24)16-6-4-10-22(16)14-8-11-21(12-9-14)18(23)13-26-17-7-3-2-5-15(17)20/h2-7,10,14H,8-9,11-13H2,1H3. The van der Waals surface area contributed by atoms with Crippen LogP contribution in [0.4, 0.5) is 0 Å². The Balaban J connectivity index is 1.54. The van der Waals surface area contributed by atoms with Crippen LogP contribution in [0.1, 0.15) is 29.4 Å². The lowest BCUT2D eigenvalue weighted by Crippen LogP contribution is -2.40. The molecule has 0 atom stereocenters. The minimum absolute atomic E-state index is 0.120. The monoisotopic (exact) mass is 392 g/mol. The molecule has 1 aliphatic rings. The highest BCUT2D eigenvalue weighted by atomic mass is 35.5. The van der Waals surface area contributed by atoms with Crippen LogP contribution >= 0.6 is 23.4 Å². The highest BCUT2D eigenvalue weighted by molar-refractivity contribution is 8.00. The number of ether oxygens (including phenoxy) is 1. The quantitative estimate of drug-likeness (QED) is 0.572. The highest BCUT2D eigenvalue weighted by Gasteiger charge is 2.26. The van der Waals surface area contributed by atoms with Gasteiger partial charge in [-0.25, -0.2) is 4.79 Å². The zero-order chi connectivity index (χ0) is 18.5. The molecule has 0 saturated carbocycles. The number of halogens is 1. The van der Waals surface area contributed by atoms with Gasteiger partial charge in [0, 0.05) is 30.2 Å². The summed E-state index contributed by atoms with van der Waals surface area (Å²) < 4.78 is 6.80. The molecule has 0 bridgehead atoms. The van der Waals surface area contributed by atoms with Gasteiger partial charge < -0.3 is 14.2 Å². The van der Waals surface area contributed by atoms with Crippen LogP contribution in [0.15, 0.2) is 47.5 Å². The summed E-state index contributed by atoms with van der Waals surface area (Å²) in [5, 5.41) is 0.673. The molecular weight excluding hydrogens is 372 g/mol. The molecule has 5 nitrogen and oxygen atoms in total. The van der Waals surface area contributed by atoms with Gasteiger partial charge in [0.15, 0.2) is 0 Å². The number of esters is 1. The molecule has 2 aromatic rings. The third-order valence-electron chi connectivity index (χ3n) is 4.57. The molecule has 138 valence electrons. The highest BCUT2D eigenvalue weighted by Crippen LogP contribution is 2.28. The van der Waals surface area contributed by atoms with E-state index in [1.165, 1.54) is 18.9 Å². The van der Waals surface area contributed by atoms with Gasteiger partial charge in [-0.05, 0) is 37.1 Å². The third kappa shape index (κ3) is 4.24. The van der Waals surface area contributed by atoms with Gasteiger partial charge >= 0.3 is 5.97 Å². The van der Waals surface area contributed by atoms with Gasteiger partial charge in [-0.15, -0.1) is 11.8 Å². The number of carbonyl (C=O) groups is 2. The molecule has 1 aromatic heterocycles. The van der Waals surface area contributed by atoms with Crippen molar-refractivity contribution in [2.45, 2.75) is 23.8 Å². The number of hydrogen-bond acceptors (Lipinski definition) is 4. The zero-order valence-electron chi connectivity index (χ0n) is 14.6. The minimum atomic E-state index is -0.329. The molecule has 2 heterocycles. The van der Waals surface area contributed by atoms with Crippen LogP contribution in [0.5, 0.6) is 0 Å². The predicted octanol–water partition coefficient (Wildman–Crippen LogP) is 3.88. The third-order valence-corrected chi connectivity index (χ3v) is 6.07. The number of likely N-dealkylation sites (tertiary alicyclic amines) is 1. The molecule has 26 heavy (non-hydrogen) atoms. The number of nitrogens with zero attached hydrogens (tertiary/aromatic N) is 2. The first kappa shape index (κ1) is 18.9. The Labute approximate surface area is 162 Å². The van der Waals surface area contributed by atoms with E-state index in [9.17, 15) is 9.59 Å². The van der Waals surface area contributed by atoms with E-state index in [0.717, 1.165) is 17.7 Å². The summed E-state index contributed by atoms with van der Waals surface area (Å²) in [6.07, 6.45) is 3.55. The van der Waals surface area contributed by atoms with Crippen molar-refractivity contribution >= 4 is 35.2 Å². The molecule has 0 spiro atoms. The van der Waals surface area contributed by atoms with Gasteiger partial charge in [-0.1, -0.05) is 23.7 Å². The fourth-order valence-corrected chi connectivity index (χ4v) is 4.32. The molecular formula is C19H21ClN2O3S. The molecule has 0 unspecified atom stereocenters. The van der Waals surface area contributed by atoms with Crippen molar-refractivity contribution in [3.05, 3.63) is 53.3 Å². The van der Waals surface area contributed by atoms with Crippen molar-refractivity contribution in [2.24, 2.45) is 0 Å². The minimum Gasteiger partial charge on any atom is -0.464 e. The van der Waals surface area contributed by atoms with Crippen molar-refractivity contribution in [2.75, 3.05) is 26.0 Å². The SMILES string of the molecule is COC(=O)c1cccn1C1CCN(C(=O)CSc2ccccc2Cl)CC1. The van der Waals surface area contributed by atoms with Gasteiger partial charge in [0.2, 0.25) is 5.91 Å². The summed E-state index contributed by atoms with van der Waals surface area (Å²) in [6, 6.07) is 11.4. The number of thioether (sulfide) groups is 1. The molecule has 7 heteroatoms. The van der Waals surface area contributed by atoms with Gasteiger partial charge in [0.25, 0.3) is 0 Å². The van der Waals surface area contributed by atoms with Crippen LogP contribution in [-0.4, -0.2) is 47.3 Å². The van der Waals surface area contributed by atoms with E-state index in [-0.39, 0.29) is 17.9 Å². The van der Waals surface area contributed by atoms with Crippen LogP contribution in [0.2, 0.25) is 5.02 Å². The lowest BCUT2D eigenvalue weighted by atomic mass is 10.0. The molecule has 1 amide bonds. The van der Waals surface area contributed by atoms with E-state index in [4.69, 9.17) is 16.3 Å². The maximum atomic E-state index is 12.5. The smallest absolute Gasteiger partial charge is 0.354 e. The molecule has 1 saturated heterocycles. The number of aromatic nitrogens is 1. The summed E-state index contributed by atoms with van der Waals surface area (Å²) in [5.74, 6) is 0.171. The topological polar surface area (TPSA) is 51.5 Å².